The molecule has 0 unspecified atom stereocenters. The second-order valence-electron chi connectivity index (χ2n) is 5.97. The molecule has 2 aromatic rings. The minimum absolute atomic E-state index is 0.0804. The van der Waals surface area contributed by atoms with Crippen LogP contribution in [0.25, 0.3) is 0 Å². The van der Waals surface area contributed by atoms with Gasteiger partial charge in [-0.05, 0) is 38.1 Å². The molecule has 0 heterocycles. The van der Waals surface area contributed by atoms with Crippen LogP contribution in [0.3, 0.4) is 0 Å². The first kappa shape index (κ1) is 20.3. The zero-order chi connectivity index (χ0) is 19.3. The molecule has 0 aromatic heterocycles. The highest BCUT2D eigenvalue weighted by atomic mass is 16.5. The highest BCUT2D eigenvalue weighted by molar-refractivity contribution is 5.94. The summed E-state index contributed by atoms with van der Waals surface area (Å²) in [6, 6.07) is 17.2. The molecule has 144 valence electrons. The van der Waals surface area contributed by atoms with Gasteiger partial charge in [0.15, 0.2) is 5.96 Å². The minimum atomic E-state index is -0.0804. The van der Waals surface area contributed by atoms with Crippen molar-refractivity contribution in [2.45, 2.75) is 13.8 Å². The fraction of sp³-hybridized carbons (Fsp3) is 0.333. The number of benzene rings is 2. The van der Waals surface area contributed by atoms with Crippen LogP contribution >= 0.6 is 0 Å². The number of amides is 1. The number of para-hydroxylation sites is 1. The Labute approximate surface area is 161 Å². The van der Waals surface area contributed by atoms with E-state index in [0.29, 0.717) is 37.8 Å². The van der Waals surface area contributed by atoms with E-state index < -0.39 is 0 Å². The van der Waals surface area contributed by atoms with E-state index in [1.54, 1.807) is 0 Å². The van der Waals surface area contributed by atoms with Crippen LogP contribution in [0.15, 0.2) is 59.6 Å². The number of nitrogens with zero attached hydrogens (tertiary/aromatic N) is 1. The van der Waals surface area contributed by atoms with E-state index in [2.05, 4.69) is 20.9 Å². The maximum absolute atomic E-state index is 12.1. The Balaban J connectivity index is 1.70. The summed E-state index contributed by atoms with van der Waals surface area (Å²) >= 11 is 0. The van der Waals surface area contributed by atoms with Crippen LogP contribution in [0.5, 0.6) is 5.75 Å². The van der Waals surface area contributed by atoms with Crippen molar-refractivity contribution in [3.8, 4) is 5.75 Å². The van der Waals surface area contributed by atoms with Gasteiger partial charge >= 0.3 is 0 Å². The van der Waals surface area contributed by atoms with Gasteiger partial charge in [0.05, 0.1) is 13.1 Å². The molecule has 0 aliphatic heterocycles. The van der Waals surface area contributed by atoms with Gasteiger partial charge < -0.3 is 20.7 Å². The van der Waals surface area contributed by atoms with Gasteiger partial charge in [0.25, 0.3) is 5.91 Å². The van der Waals surface area contributed by atoms with Gasteiger partial charge in [-0.1, -0.05) is 35.9 Å². The van der Waals surface area contributed by atoms with Crippen LogP contribution in [-0.2, 0) is 0 Å². The number of nitrogens with one attached hydrogen (secondary N) is 3. The first-order valence-electron chi connectivity index (χ1n) is 9.24. The third-order valence-electron chi connectivity index (χ3n) is 3.70. The van der Waals surface area contributed by atoms with Crippen LogP contribution in [0, 0.1) is 6.92 Å². The monoisotopic (exact) mass is 368 g/mol. The lowest BCUT2D eigenvalue weighted by Crippen LogP contribution is -2.40. The first-order valence-corrected chi connectivity index (χ1v) is 9.24. The molecular weight excluding hydrogens is 340 g/mol. The van der Waals surface area contributed by atoms with Crippen LogP contribution in [0.1, 0.15) is 22.8 Å². The highest BCUT2D eigenvalue weighted by Gasteiger charge is 2.04. The molecule has 6 heteroatoms. The number of aliphatic imine (C=N–C) groups is 1. The summed E-state index contributed by atoms with van der Waals surface area (Å²) in [5, 5.41) is 9.28. The molecular formula is C21H28N4O2. The summed E-state index contributed by atoms with van der Waals surface area (Å²) in [5.74, 6) is 1.47. The normalized spacial score (nSPS) is 11.0. The largest absolute Gasteiger partial charge is 0.492 e. The molecule has 0 atom stereocenters. The molecule has 0 saturated heterocycles. The molecule has 0 spiro atoms. The van der Waals surface area contributed by atoms with Crippen molar-refractivity contribution in [3.05, 3.63) is 65.7 Å². The fourth-order valence-corrected chi connectivity index (χ4v) is 2.42. The molecule has 2 aromatic carbocycles. The first-order chi connectivity index (χ1) is 13.2. The number of ether oxygens (including phenoxy) is 1. The Hall–Kier alpha value is -3.02. The number of carbonyl (C=O) groups excluding carboxylic acids is 1. The zero-order valence-electron chi connectivity index (χ0n) is 16.0. The van der Waals surface area contributed by atoms with Gasteiger partial charge in [0.2, 0.25) is 0 Å². The molecule has 6 nitrogen and oxygen atoms in total. The van der Waals surface area contributed by atoms with Crippen LogP contribution in [-0.4, -0.2) is 44.7 Å². The van der Waals surface area contributed by atoms with Gasteiger partial charge in [0, 0.05) is 18.7 Å². The predicted octanol–water partition coefficient (Wildman–Crippen LogP) is 2.36. The molecule has 1 amide bonds. The summed E-state index contributed by atoms with van der Waals surface area (Å²) in [4.78, 5) is 16.6. The van der Waals surface area contributed by atoms with E-state index in [-0.39, 0.29) is 5.91 Å². The predicted molar refractivity (Wildman–Crippen MR) is 109 cm³/mol. The van der Waals surface area contributed by atoms with Gasteiger partial charge in [-0.3, -0.25) is 9.79 Å². The number of guanidine groups is 1. The quantitative estimate of drug-likeness (QED) is 0.361. The second-order valence-corrected chi connectivity index (χ2v) is 5.97. The van der Waals surface area contributed by atoms with Crippen molar-refractivity contribution < 1.29 is 9.53 Å². The molecule has 27 heavy (non-hydrogen) atoms. The molecule has 0 aliphatic rings. The molecule has 0 saturated carbocycles. The van der Waals surface area contributed by atoms with Gasteiger partial charge in [-0.25, -0.2) is 0 Å². The van der Waals surface area contributed by atoms with Crippen LogP contribution in [0.2, 0.25) is 0 Å². The van der Waals surface area contributed by atoms with E-state index >= 15 is 0 Å². The number of aryl methyl sites for hydroxylation is 1. The molecule has 2 rings (SSSR count). The Morgan fingerprint density at radius 3 is 2.56 bits per heavy atom. The van der Waals surface area contributed by atoms with E-state index in [1.165, 1.54) is 0 Å². The standard InChI is InChI=1S/C21H28N4O2/c1-3-22-21(25-14-15-27-19-10-5-4-6-11-19)24-13-12-23-20(26)18-9-7-8-17(2)16-18/h4-11,16H,3,12-15H2,1-2H3,(H,23,26)(H2,22,24,25). The smallest absolute Gasteiger partial charge is 0.251 e. The summed E-state index contributed by atoms with van der Waals surface area (Å²) in [6.45, 7) is 6.89. The van der Waals surface area contributed by atoms with Crippen molar-refractivity contribution >= 4 is 11.9 Å². The number of rotatable bonds is 9. The third kappa shape index (κ3) is 7.81. The van der Waals surface area contributed by atoms with Crippen molar-refractivity contribution in [1.29, 1.82) is 0 Å². The average molecular weight is 368 g/mol. The second kappa shape index (κ2) is 11.6. The molecule has 0 fully saturated rings. The summed E-state index contributed by atoms with van der Waals surface area (Å²) in [6.07, 6.45) is 0. The lowest BCUT2D eigenvalue weighted by Gasteiger charge is -2.12. The maximum atomic E-state index is 12.1. The highest BCUT2D eigenvalue weighted by Crippen LogP contribution is 2.07. The summed E-state index contributed by atoms with van der Waals surface area (Å²) in [7, 11) is 0. The number of hydrogen-bond donors (Lipinski definition) is 3. The SMILES string of the molecule is CCNC(=NCCNC(=O)c1cccc(C)c1)NCCOc1ccccc1. The third-order valence-corrected chi connectivity index (χ3v) is 3.70. The van der Waals surface area contributed by atoms with Crippen molar-refractivity contribution in [3.63, 3.8) is 0 Å². The lowest BCUT2D eigenvalue weighted by molar-refractivity contribution is 0.0954. The molecule has 3 N–H and O–H groups in total. The Morgan fingerprint density at radius 1 is 1.00 bits per heavy atom. The zero-order valence-corrected chi connectivity index (χ0v) is 16.0. The van der Waals surface area contributed by atoms with Crippen molar-refractivity contribution in [1.82, 2.24) is 16.0 Å². The van der Waals surface area contributed by atoms with E-state index in [1.807, 2.05) is 68.4 Å². The van der Waals surface area contributed by atoms with E-state index in [4.69, 9.17) is 4.74 Å². The van der Waals surface area contributed by atoms with E-state index in [0.717, 1.165) is 17.9 Å². The Bertz CT molecular complexity index is 732. The lowest BCUT2D eigenvalue weighted by atomic mass is 10.1. The Morgan fingerprint density at radius 2 is 1.81 bits per heavy atom. The van der Waals surface area contributed by atoms with Crippen molar-refractivity contribution in [2.24, 2.45) is 4.99 Å². The van der Waals surface area contributed by atoms with Gasteiger partial charge in [-0.15, -0.1) is 0 Å². The van der Waals surface area contributed by atoms with Gasteiger partial charge in [-0.2, -0.15) is 0 Å². The summed E-state index contributed by atoms with van der Waals surface area (Å²) in [5.41, 5.74) is 1.74. The maximum Gasteiger partial charge on any atom is 0.251 e. The van der Waals surface area contributed by atoms with Crippen LogP contribution < -0.4 is 20.7 Å². The van der Waals surface area contributed by atoms with Crippen molar-refractivity contribution in [2.75, 3.05) is 32.8 Å². The van der Waals surface area contributed by atoms with Crippen LogP contribution in [0.4, 0.5) is 0 Å². The molecule has 0 bridgehead atoms. The summed E-state index contributed by atoms with van der Waals surface area (Å²) < 4.78 is 5.65. The number of hydrogen-bond acceptors (Lipinski definition) is 3. The topological polar surface area (TPSA) is 74.8 Å². The number of carbonyl (C=O) groups is 1. The molecule has 0 radical (unpaired) electrons. The van der Waals surface area contributed by atoms with E-state index in [9.17, 15) is 4.79 Å². The average Bonchev–Trinajstić information content (AvgIpc) is 2.69. The van der Waals surface area contributed by atoms with Gasteiger partial charge in [0.1, 0.15) is 12.4 Å². The Kier molecular flexibility index (Phi) is 8.69. The fourth-order valence-electron chi connectivity index (χ4n) is 2.42. The minimum Gasteiger partial charge on any atom is -0.492 e. The molecule has 0 aliphatic carbocycles.